The molecule has 0 N–H and O–H groups in total. The van der Waals surface area contributed by atoms with Crippen molar-refractivity contribution in [3.63, 3.8) is 0 Å². The summed E-state index contributed by atoms with van der Waals surface area (Å²) in [4.78, 5) is 14.2. The summed E-state index contributed by atoms with van der Waals surface area (Å²) >= 11 is 7.51. The minimum atomic E-state index is -0.255. The summed E-state index contributed by atoms with van der Waals surface area (Å²) in [5, 5.41) is 0.687. The number of ether oxygens (including phenoxy) is 1. The molecule has 0 bridgehead atoms. The zero-order valence-corrected chi connectivity index (χ0v) is 12.7. The molecule has 0 saturated carbocycles. The Kier molecular flexibility index (Phi) is 4.27. The van der Waals surface area contributed by atoms with Crippen molar-refractivity contribution in [2.24, 2.45) is 0 Å². The van der Waals surface area contributed by atoms with Gasteiger partial charge in [0.25, 0.3) is 0 Å². The fraction of sp³-hybridized carbons (Fsp3) is 0.267. The molecular formula is C15H15ClO2S. The van der Waals surface area contributed by atoms with Gasteiger partial charge in [-0.1, -0.05) is 23.7 Å². The van der Waals surface area contributed by atoms with Crippen LogP contribution in [0.4, 0.5) is 0 Å². The molecule has 100 valence electrons. The molecule has 0 spiro atoms. The van der Waals surface area contributed by atoms with E-state index in [1.54, 1.807) is 11.3 Å². The third kappa shape index (κ3) is 2.82. The van der Waals surface area contributed by atoms with E-state index in [1.165, 1.54) is 0 Å². The summed E-state index contributed by atoms with van der Waals surface area (Å²) < 4.78 is 5.15. The maximum atomic E-state index is 12.1. The molecule has 0 fully saturated rings. The van der Waals surface area contributed by atoms with Crippen molar-refractivity contribution in [1.82, 2.24) is 0 Å². The molecule has 0 aliphatic rings. The van der Waals surface area contributed by atoms with Crippen LogP contribution in [-0.2, 0) is 4.74 Å². The van der Waals surface area contributed by atoms with Gasteiger partial charge in [-0.25, -0.2) is 4.79 Å². The first kappa shape index (κ1) is 14.1. The van der Waals surface area contributed by atoms with Crippen LogP contribution in [0.1, 0.15) is 27.7 Å². The lowest BCUT2D eigenvalue weighted by Gasteiger charge is -2.05. The summed E-state index contributed by atoms with van der Waals surface area (Å²) in [6, 6.07) is 7.51. The third-order valence-corrected chi connectivity index (χ3v) is 4.48. The molecule has 0 unspecified atom stereocenters. The summed E-state index contributed by atoms with van der Waals surface area (Å²) in [5.74, 6) is -0.255. The van der Waals surface area contributed by atoms with Crippen molar-refractivity contribution in [3.8, 4) is 10.4 Å². The predicted molar refractivity (Wildman–Crippen MR) is 80.2 cm³/mol. The highest BCUT2D eigenvalue weighted by atomic mass is 35.5. The van der Waals surface area contributed by atoms with Crippen molar-refractivity contribution in [2.45, 2.75) is 20.8 Å². The van der Waals surface area contributed by atoms with Crippen molar-refractivity contribution in [2.75, 3.05) is 6.61 Å². The van der Waals surface area contributed by atoms with Gasteiger partial charge in [0.15, 0.2) is 0 Å². The number of rotatable bonds is 3. The number of hydrogen-bond donors (Lipinski definition) is 0. The van der Waals surface area contributed by atoms with Crippen molar-refractivity contribution >= 4 is 28.9 Å². The number of thiophene rings is 1. The van der Waals surface area contributed by atoms with E-state index in [0.717, 1.165) is 20.9 Å². The van der Waals surface area contributed by atoms with Gasteiger partial charge in [-0.3, -0.25) is 0 Å². The zero-order chi connectivity index (χ0) is 14.0. The minimum absolute atomic E-state index is 0.255. The van der Waals surface area contributed by atoms with Gasteiger partial charge < -0.3 is 4.74 Å². The van der Waals surface area contributed by atoms with Gasteiger partial charge in [0.05, 0.1) is 12.2 Å². The maximum Gasteiger partial charge on any atom is 0.339 e. The first-order chi connectivity index (χ1) is 9.04. The third-order valence-electron chi connectivity index (χ3n) is 2.97. The molecule has 2 rings (SSSR count). The average molecular weight is 295 g/mol. The highest BCUT2D eigenvalue weighted by Gasteiger charge is 2.21. The molecule has 0 amide bonds. The van der Waals surface area contributed by atoms with E-state index in [0.29, 0.717) is 17.2 Å². The Hall–Kier alpha value is -1.32. The van der Waals surface area contributed by atoms with Crippen molar-refractivity contribution in [3.05, 3.63) is 45.3 Å². The Morgan fingerprint density at radius 2 is 1.89 bits per heavy atom. The smallest absolute Gasteiger partial charge is 0.339 e. The lowest BCUT2D eigenvalue weighted by atomic mass is 10.1. The molecule has 0 aliphatic heterocycles. The van der Waals surface area contributed by atoms with Crippen molar-refractivity contribution < 1.29 is 9.53 Å². The molecule has 1 aromatic carbocycles. The van der Waals surface area contributed by atoms with E-state index in [1.807, 2.05) is 45.0 Å². The Labute approximate surface area is 122 Å². The van der Waals surface area contributed by atoms with E-state index in [4.69, 9.17) is 16.3 Å². The molecular weight excluding hydrogens is 280 g/mol. The first-order valence-corrected chi connectivity index (χ1v) is 7.27. The van der Waals surface area contributed by atoms with Gasteiger partial charge in [-0.15, -0.1) is 11.3 Å². The topological polar surface area (TPSA) is 26.3 Å². The number of hydrogen-bond acceptors (Lipinski definition) is 3. The van der Waals surface area contributed by atoms with Crippen LogP contribution >= 0.6 is 22.9 Å². The first-order valence-electron chi connectivity index (χ1n) is 6.07. The highest BCUT2D eigenvalue weighted by Crippen LogP contribution is 2.36. The average Bonchev–Trinajstić information content (AvgIpc) is 2.67. The highest BCUT2D eigenvalue weighted by molar-refractivity contribution is 7.16. The van der Waals surface area contributed by atoms with Crippen LogP contribution in [0.5, 0.6) is 0 Å². The van der Waals surface area contributed by atoms with Crippen LogP contribution in [0.2, 0.25) is 5.02 Å². The number of benzene rings is 1. The summed E-state index contributed by atoms with van der Waals surface area (Å²) in [5.41, 5.74) is 2.66. The fourth-order valence-electron chi connectivity index (χ4n) is 1.88. The van der Waals surface area contributed by atoms with Crippen LogP contribution in [0, 0.1) is 13.8 Å². The van der Waals surface area contributed by atoms with Crippen molar-refractivity contribution in [1.29, 1.82) is 0 Å². The van der Waals surface area contributed by atoms with Gasteiger partial charge in [0, 0.05) is 14.8 Å². The van der Waals surface area contributed by atoms with Gasteiger partial charge in [0.1, 0.15) is 0 Å². The second-order valence-electron chi connectivity index (χ2n) is 4.21. The SMILES string of the molecule is CCOC(=O)c1c(-c2ccc(Cl)cc2)sc(C)c1C. The molecule has 0 saturated heterocycles. The van der Waals surface area contributed by atoms with Crippen LogP contribution < -0.4 is 0 Å². The van der Waals surface area contributed by atoms with E-state index < -0.39 is 0 Å². The largest absolute Gasteiger partial charge is 0.462 e. The van der Waals surface area contributed by atoms with Crippen LogP contribution in [0.3, 0.4) is 0 Å². The van der Waals surface area contributed by atoms with E-state index in [-0.39, 0.29) is 5.97 Å². The molecule has 0 radical (unpaired) electrons. The normalized spacial score (nSPS) is 10.5. The fourth-order valence-corrected chi connectivity index (χ4v) is 3.16. The summed E-state index contributed by atoms with van der Waals surface area (Å²) in [6.45, 7) is 6.17. The monoisotopic (exact) mass is 294 g/mol. The number of carbonyl (C=O) groups is 1. The Morgan fingerprint density at radius 1 is 1.26 bits per heavy atom. The van der Waals surface area contributed by atoms with Gasteiger partial charge in [-0.05, 0) is 44.0 Å². The Balaban J connectivity index is 2.54. The molecule has 2 nitrogen and oxygen atoms in total. The summed E-state index contributed by atoms with van der Waals surface area (Å²) in [6.07, 6.45) is 0. The predicted octanol–water partition coefficient (Wildman–Crippen LogP) is 4.86. The second kappa shape index (κ2) is 5.76. The quantitative estimate of drug-likeness (QED) is 0.756. The van der Waals surface area contributed by atoms with Crippen LogP contribution in [0.15, 0.2) is 24.3 Å². The summed E-state index contributed by atoms with van der Waals surface area (Å²) in [7, 11) is 0. The van der Waals surface area contributed by atoms with Gasteiger partial charge >= 0.3 is 5.97 Å². The van der Waals surface area contributed by atoms with E-state index in [2.05, 4.69) is 0 Å². The molecule has 19 heavy (non-hydrogen) atoms. The Morgan fingerprint density at radius 3 is 2.47 bits per heavy atom. The molecule has 1 heterocycles. The van der Waals surface area contributed by atoms with Gasteiger partial charge in [-0.2, -0.15) is 0 Å². The van der Waals surface area contributed by atoms with Crippen LogP contribution in [0.25, 0.3) is 10.4 Å². The minimum Gasteiger partial charge on any atom is -0.462 e. The Bertz CT molecular complexity index is 599. The molecule has 0 atom stereocenters. The number of aryl methyl sites for hydroxylation is 1. The van der Waals surface area contributed by atoms with Gasteiger partial charge in [0.2, 0.25) is 0 Å². The second-order valence-corrected chi connectivity index (χ2v) is 5.88. The number of carbonyl (C=O) groups excluding carboxylic acids is 1. The number of halogens is 1. The van der Waals surface area contributed by atoms with E-state index >= 15 is 0 Å². The zero-order valence-electron chi connectivity index (χ0n) is 11.1. The molecule has 0 aliphatic carbocycles. The van der Waals surface area contributed by atoms with E-state index in [9.17, 15) is 4.79 Å². The molecule has 1 aromatic heterocycles. The lowest BCUT2D eigenvalue weighted by molar-refractivity contribution is 0.0527. The maximum absolute atomic E-state index is 12.1. The lowest BCUT2D eigenvalue weighted by Crippen LogP contribution is -2.06. The molecule has 2 aromatic rings. The van der Waals surface area contributed by atoms with Crippen LogP contribution in [-0.4, -0.2) is 12.6 Å². The number of esters is 1. The molecule has 4 heteroatoms. The standard InChI is InChI=1S/C15H15ClO2S/c1-4-18-15(17)13-9(2)10(3)19-14(13)11-5-7-12(16)8-6-11/h5-8H,4H2,1-3H3.